The van der Waals surface area contributed by atoms with Crippen LogP contribution in [0.25, 0.3) is 0 Å². The quantitative estimate of drug-likeness (QED) is 0.302. The highest BCUT2D eigenvalue weighted by atomic mass is 19.1. The molecular formula is C31H29BF2O5. The first-order valence-corrected chi connectivity index (χ1v) is 12.7. The summed E-state index contributed by atoms with van der Waals surface area (Å²) < 4.78 is 38.5. The van der Waals surface area contributed by atoms with E-state index in [4.69, 9.17) is 19.5 Å². The molecule has 4 aromatic carbocycles. The summed E-state index contributed by atoms with van der Waals surface area (Å²) in [4.78, 5) is 11.3. The summed E-state index contributed by atoms with van der Waals surface area (Å²) >= 11 is 0. The lowest BCUT2D eigenvalue weighted by Crippen LogP contribution is -2.29. The van der Waals surface area contributed by atoms with Crippen LogP contribution in [0.4, 0.5) is 8.78 Å². The van der Waals surface area contributed by atoms with E-state index in [-0.39, 0.29) is 41.1 Å². The van der Waals surface area contributed by atoms with Crippen molar-refractivity contribution in [3.05, 3.63) is 125 Å². The highest BCUT2D eigenvalue weighted by Crippen LogP contribution is 2.34. The van der Waals surface area contributed by atoms with Crippen LogP contribution in [0.2, 0.25) is 0 Å². The number of carbonyl (C=O) groups is 1. The van der Waals surface area contributed by atoms with Gasteiger partial charge in [0.1, 0.15) is 19.0 Å². The highest BCUT2D eigenvalue weighted by Gasteiger charge is 2.24. The Kier molecular flexibility index (Phi) is 9.83. The molecule has 0 saturated heterocycles. The molecule has 1 atom stereocenters. The molecule has 0 bridgehead atoms. The third-order valence-corrected chi connectivity index (χ3v) is 6.40. The summed E-state index contributed by atoms with van der Waals surface area (Å²) in [5, 5.41) is 17.8. The average molecular weight is 530 g/mol. The van der Waals surface area contributed by atoms with E-state index in [1.54, 1.807) is 6.07 Å². The van der Waals surface area contributed by atoms with Gasteiger partial charge in [0, 0.05) is 12.8 Å². The number of Topliss-reactive ketones (excluding diaryl/α,β-unsaturated/α-hetero) is 1. The number of halogens is 2. The molecule has 0 amide bonds. The van der Waals surface area contributed by atoms with Crippen LogP contribution in [0.3, 0.4) is 0 Å². The van der Waals surface area contributed by atoms with Gasteiger partial charge in [-0.15, -0.1) is 0 Å². The molecule has 200 valence electrons. The van der Waals surface area contributed by atoms with Gasteiger partial charge in [-0.25, -0.2) is 8.78 Å². The predicted octanol–water partition coefficient (Wildman–Crippen LogP) is 5.33. The third-order valence-electron chi connectivity index (χ3n) is 6.40. The molecule has 0 aliphatic heterocycles. The van der Waals surface area contributed by atoms with Crippen LogP contribution in [-0.2, 0) is 18.0 Å². The number of benzene rings is 4. The zero-order valence-corrected chi connectivity index (χ0v) is 21.3. The van der Waals surface area contributed by atoms with Gasteiger partial charge in [-0.05, 0) is 58.8 Å². The van der Waals surface area contributed by atoms with Crippen molar-refractivity contribution >= 4 is 18.4 Å². The molecule has 5 rings (SSSR count). The molecule has 1 fully saturated rings. The van der Waals surface area contributed by atoms with Gasteiger partial charge in [-0.2, -0.15) is 0 Å². The Labute approximate surface area is 226 Å². The topological polar surface area (TPSA) is 76.0 Å². The van der Waals surface area contributed by atoms with Gasteiger partial charge in [0.2, 0.25) is 0 Å². The number of carbonyl (C=O) groups excluding carboxylic acids is 1. The van der Waals surface area contributed by atoms with Crippen molar-refractivity contribution in [3.63, 3.8) is 0 Å². The SMILES string of the molecule is O=C1CC[C@@H](c2ccc(OCc3ccccc3)c(F)c2)C1.OB(O)c1ccc(OCc2ccccc2)c(F)c1. The van der Waals surface area contributed by atoms with Crippen molar-refractivity contribution in [1.29, 1.82) is 0 Å². The normalized spacial score (nSPS) is 14.4. The van der Waals surface area contributed by atoms with Gasteiger partial charge < -0.3 is 19.5 Å². The van der Waals surface area contributed by atoms with Crippen molar-refractivity contribution in [2.45, 2.75) is 38.4 Å². The maximum atomic E-state index is 14.1. The first-order valence-electron chi connectivity index (χ1n) is 12.7. The zero-order valence-electron chi connectivity index (χ0n) is 21.3. The summed E-state index contributed by atoms with van der Waals surface area (Å²) in [6, 6.07) is 27.9. The largest absolute Gasteiger partial charge is 0.488 e. The molecular weight excluding hydrogens is 501 g/mol. The van der Waals surface area contributed by atoms with Gasteiger partial charge in [-0.3, -0.25) is 4.79 Å². The second-order valence-corrected chi connectivity index (χ2v) is 9.28. The number of hydrogen-bond acceptors (Lipinski definition) is 5. The Bertz CT molecular complexity index is 1370. The van der Waals surface area contributed by atoms with Crippen LogP contribution in [0.15, 0.2) is 97.1 Å². The number of hydrogen-bond donors (Lipinski definition) is 2. The van der Waals surface area contributed by atoms with Crippen LogP contribution in [0.5, 0.6) is 11.5 Å². The molecule has 1 saturated carbocycles. The Morgan fingerprint density at radius 1 is 0.744 bits per heavy atom. The molecule has 0 unspecified atom stereocenters. The average Bonchev–Trinajstić information content (AvgIpc) is 3.39. The van der Waals surface area contributed by atoms with E-state index in [1.807, 2.05) is 66.7 Å². The molecule has 39 heavy (non-hydrogen) atoms. The van der Waals surface area contributed by atoms with E-state index in [2.05, 4.69) is 0 Å². The molecule has 0 radical (unpaired) electrons. The van der Waals surface area contributed by atoms with E-state index in [1.165, 1.54) is 18.2 Å². The molecule has 0 spiro atoms. The molecule has 1 aliphatic carbocycles. The molecule has 8 heteroatoms. The van der Waals surface area contributed by atoms with Crippen LogP contribution in [0, 0.1) is 11.6 Å². The molecule has 0 aromatic heterocycles. The van der Waals surface area contributed by atoms with E-state index in [0.717, 1.165) is 29.2 Å². The fourth-order valence-electron chi connectivity index (χ4n) is 4.25. The van der Waals surface area contributed by atoms with Crippen molar-refractivity contribution in [2.24, 2.45) is 0 Å². The minimum absolute atomic E-state index is 0.0863. The lowest BCUT2D eigenvalue weighted by molar-refractivity contribution is -0.117. The Hall–Kier alpha value is -4.01. The summed E-state index contributed by atoms with van der Waals surface area (Å²) in [5.74, 6) is -0.200. The van der Waals surface area contributed by atoms with Crippen LogP contribution in [0.1, 0.15) is 41.9 Å². The first-order chi connectivity index (χ1) is 18.9. The van der Waals surface area contributed by atoms with Gasteiger partial charge >= 0.3 is 7.12 Å². The predicted molar refractivity (Wildman–Crippen MR) is 146 cm³/mol. The van der Waals surface area contributed by atoms with E-state index in [0.29, 0.717) is 19.4 Å². The maximum Gasteiger partial charge on any atom is 0.488 e. The monoisotopic (exact) mass is 530 g/mol. The van der Waals surface area contributed by atoms with Crippen LogP contribution in [-0.4, -0.2) is 22.9 Å². The van der Waals surface area contributed by atoms with E-state index < -0.39 is 12.9 Å². The molecule has 4 aromatic rings. The van der Waals surface area contributed by atoms with Crippen LogP contribution < -0.4 is 14.9 Å². The Balaban J connectivity index is 0.000000183. The van der Waals surface area contributed by atoms with E-state index >= 15 is 0 Å². The highest BCUT2D eigenvalue weighted by molar-refractivity contribution is 6.58. The minimum atomic E-state index is -1.68. The second kappa shape index (κ2) is 13.7. The summed E-state index contributed by atoms with van der Waals surface area (Å²) in [7, 11) is -1.68. The third kappa shape index (κ3) is 8.24. The van der Waals surface area contributed by atoms with Crippen molar-refractivity contribution in [3.8, 4) is 11.5 Å². The smallest absolute Gasteiger partial charge is 0.486 e. The number of ketones is 1. The minimum Gasteiger partial charge on any atom is -0.486 e. The lowest BCUT2D eigenvalue weighted by Gasteiger charge is -2.12. The summed E-state index contributed by atoms with van der Waals surface area (Å²) in [6.45, 7) is 0.609. The Morgan fingerprint density at radius 2 is 1.28 bits per heavy atom. The Morgan fingerprint density at radius 3 is 1.74 bits per heavy atom. The first kappa shape index (κ1) is 28.0. The molecule has 0 heterocycles. The fraction of sp³-hybridized carbons (Fsp3) is 0.194. The molecule has 5 nitrogen and oxygen atoms in total. The van der Waals surface area contributed by atoms with Gasteiger partial charge in [0.25, 0.3) is 0 Å². The van der Waals surface area contributed by atoms with Crippen molar-refractivity contribution in [2.75, 3.05) is 0 Å². The zero-order chi connectivity index (χ0) is 27.6. The molecule has 2 N–H and O–H groups in total. The standard InChI is InChI=1S/C18H17FO2.C13H12BFO3/c19-17-11-15(14-6-8-16(20)10-14)7-9-18(17)21-12-13-4-2-1-3-5-13;15-12-8-11(14(16)17)6-7-13(12)18-9-10-4-2-1-3-5-10/h1-5,7,9,11,14H,6,8,10,12H2;1-8,16-17H,9H2/t14-;/m1./s1. The van der Waals surface area contributed by atoms with Gasteiger partial charge in [0.05, 0.1) is 0 Å². The van der Waals surface area contributed by atoms with Gasteiger partial charge in [-0.1, -0.05) is 72.8 Å². The molecule has 1 aliphatic rings. The van der Waals surface area contributed by atoms with Crippen LogP contribution >= 0.6 is 0 Å². The van der Waals surface area contributed by atoms with Crippen molar-refractivity contribution in [1.82, 2.24) is 0 Å². The maximum absolute atomic E-state index is 14.1. The fourth-order valence-corrected chi connectivity index (χ4v) is 4.25. The second-order valence-electron chi connectivity index (χ2n) is 9.28. The summed E-state index contributed by atoms with van der Waals surface area (Å²) in [6.07, 6.45) is 1.96. The van der Waals surface area contributed by atoms with E-state index in [9.17, 15) is 13.6 Å². The van der Waals surface area contributed by atoms with Gasteiger partial charge in [0.15, 0.2) is 23.1 Å². The number of ether oxygens (including phenoxy) is 2. The summed E-state index contributed by atoms with van der Waals surface area (Å²) in [5.41, 5.74) is 2.93. The lowest BCUT2D eigenvalue weighted by atomic mass is 9.80. The van der Waals surface area contributed by atoms with Crippen molar-refractivity contribution < 1.29 is 33.1 Å². The number of rotatable bonds is 8.